The van der Waals surface area contributed by atoms with E-state index in [9.17, 15) is 40.6 Å². The van der Waals surface area contributed by atoms with Gasteiger partial charge in [0.25, 0.3) is 0 Å². The number of fused-ring (bicyclic) bond motifs is 5. The van der Waals surface area contributed by atoms with Crippen molar-refractivity contribution in [1.82, 2.24) is 4.90 Å². The van der Waals surface area contributed by atoms with Gasteiger partial charge in [-0.15, -0.1) is 0 Å². The van der Waals surface area contributed by atoms with Crippen LogP contribution in [0.5, 0.6) is 5.75 Å². The van der Waals surface area contributed by atoms with E-state index >= 15 is 4.39 Å². The fraction of sp³-hybridized carbons (Fsp3) is 0.781. The minimum Gasteiger partial charge on any atom is -0.508 e. The lowest BCUT2D eigenvalue weighted by atomic mass is 9.52. The maximum Gasteiger partial charge on any atom is 0.459 e. The zero-order valence-electron chi connectivity index (χ0n) is 24.8. The van der Waals surface area contributed by atoms with Gasteiger partial charge < -0.3 is 10.0 Å². The molecule has 2 saturated carbocycles. The molecule has 43 heavy (non-hydrogen) atoms. The Hall–Kier alpha value is -1.91. The molecule has 0 bridgehead atoms. The molecule has 3 aliphatic carbocycles. The van der Waals surface area contributed by atoms with Crippen molar-refractivity contribution in [2.45, 2.75) is 114 Å². The Balaban J connectivity index is 1.24. The maximum atomic E-state index is 15.5. The molecule has 3 nitrogen and oxygen atoms in total. The van der Waals surface area contributed by atoms with Gasteiger partial charge in [-0.25, -0.2) is 4.39 Å². The number of hydrogen-bond donors (Lipinski definition) is 1. The normalized spacial score (nSPS) is 28.5. The molecule has 2 fully saturated rings. The molecular weight excluding hydrogens is 582 g/mol. The van der Waals surface area contributed by atoms with Crippen molar-refractivity contribution in [2.24, 2.45) is 23.2 Å². The number of phenolic OH excluding ortho intramolecular Hbond substituents is 1. The van der Waals surface area contributed by atoms with Crippen molar-refractivity contribution in [2.75, 3.05) is 20.1 Å². The molecule has 3 aliphatic rings. The van der Waals surface area contributed by atoms with Crippen LogP contribution in [0.15, 0.2) is 18.2 Å². The van der Waals surface area contributed by atoms with E-state index in [1.54, 1.807) is 19.2 Å². The van der Waals surface area contributed by atoms with Crippen LogP contribution in [0, 0.1) is 23.2 Å². The molecule has 0 radical (unpaired) electrons. The monoisotopic (exact) mass is 625 g/mol. The lowest BCUT2D eigenvalue weighted by molar-refractivity contribution is -0.355. The molecule has 11 heteroatoms. The van der Waals surface area contributed by atoms with Gasteiger partial charge >= 0.3 is 18.0 Å². The Labute approximate surface area is 248 Å². The van der Waals surface area contributed by atoms with Gasteiger partial charge in [0, 0.05) is 18.3 Å². The second kappa shape index (κ2) is 12.8. The van der Waals surface area contributed by atoms with Gasteiger partial charge in [-0.1, -0.05) is 19.4 Å². The number of Topliss-reactive ketones (excluding diaryl/α,β-unsaturated/α-hetero) is 1. The zero-order chi connectivity index (χ0) is 31.8. The number of aromatic hydroxyl groups is 1. The minimum absolute atomic E-state index is 0.0606. The van der Waals surface area contributed by atoms with Crippen molar-refractivity contribution in [3.05, 3.63) is 29.3 Å². The van der Waals surface area contributed by atoms with Gasteiger partial charge in [-0.3, -0.25) is 4.79 Å². The van der Waals surface area contributed by atoms with E-state index in [4.69, 9.17) is 0 Å². The van der Waals surface area contributed by atoms with E-state index in [0.29, 0.717) is 57.4 Å². The van der Waals surface area contributed by atoms with E-state index in [0.717, 1.165) is 24.8 Å². The number of unbranched alkanes of at least 4 members (excludes halogenated alkanes) is 2. The first-order chi connectivity index (χ1) is 20.0. The van der Waals surface area contributed by atoms with Gasteiger partial charge in [-0.05, 0) is 125 Å². The molecule has 1 unspecified atom stereocenters. The molecule has 0 heterocycles. The van der Waals surface area contributed by atoms with Crippen LogP contribution >= 0.6 is 0 Å². The van der Waals surface area contributed by atoms with Gasteiger partial charge in [0.2, 0.25) is 0 Å². The fourth-order valence-electron chi connectivity index (χ4n) is 8.19. The van der Waals surface area contributed by atoms with Gasteiger partial charge in [-0.2, -0.15) is 30.7 Å². The fourth-order valence-corrected chi connectivity index (χ4v) is 8.19. The second-order valence-electron chi connectivity index (χ2n) is 13.4. The number of nitrogens with zero attached hydrogens (tertiary/aromatic N) is 1. The predicted octanol–water partition coefficient (Wildman–Crippen LogP) is 8.88. The SMILES string of the molecule is CN(CCCCCC(F)(F)C(F)(F)C(F)(F)F)CCCC(F)C[C@@H]1Cc2cc(O)ccc2[C@H]2CC[C@]3(C)C(=O)CC[C@H]3[C@H]12. The Morgan fingerprint density at radius 2 is 1.72 bits per heavy atom. The summed E-state index contributed by atoms with van der Waals surface area (Å²) in [4.78, 5) is 14.7. The average molecular weight is 626 g/mol. The minimum atomic E-state index is -6.30. The molecule has 0 aromatic heterocycles. The van der Waals surface area contributed by atoms with Crippen LogP contribution in [0.2, 0.25) is 0 Å². The molecule has 1 aromatic rings. The first kappa shape index (κ1) is 34.0. The summed E-state index contributed by atoms with van der Waals surface area (Å²) >= 11 is 0. The highest BCUT2D eigenvalue weighted by atomic mass is 19.4. The standard InChI is InChI=1S/C32H43F8NO2/c1-29-14-12-25-24-9-8-23(42)19-20(24)17-21(28(25)26(29)10-11-27(29)43)18-22(33)7-6-16-41(2)15-5-3-4-13-30(34,35)31(36,37)32(38,39)40/h8-9,19,21-22,25-26,28,42H,3-7,10-18H2,1-2H3/t21-,22?,25+,26-,28+,29-/m0/s1. The number of ketones is 1. The lowest BCUT2D eigenvalue weighted by Crippen LogP contribution is -2.51. The van der Waals surface area contributed by atoms with E-state index in [-0.39, 0.29) is 41.3 Å². The number of benzene rings is 1. The largest absolute Gasteiger partial charge is 0.508 e. The molecular formula is C32H43F8NO2. The number of halogens is 8. The van der Waals surface area contributed by atoms with Crippen LogP contribution in [0.3, 0.4) is 0 Å². The molecule has 0 amide bonds. The predicted molar refractivity (Wildman–Crippen MR) is 147 cm³/mol. The van der Waals surface area contributed by atoms with Crippen molar-refractivity contribution in [3.8, 4) is 5.75 Å². The number of alkyl halides is 8. The topological polar surface area (TPSA) is 40.5 Å². The van der Waals surface area contributed by atoms with Crippen LogP contribution in [-0.4, -0.2) is 60.1 Å². The Morgan fingerprint density at radius 3 is 2.42 bits per heavy atom. The van der Waals surface area contributed by atoms with Crippen molar-refractivity contribution < 1.29 is 45.0 Å². The molecule has 4 rings (SSSR count). The van der Waals surface area contributed by atoms with Gasteiger partial charge in [0.1, 0.15) is 17.7 Å². The third-order valence-corrected chi connectivity index (χ3v) is 10.6. The first-order valence-electron chi connectivity index (χ1n) is 15.5. The van der Waals surface area contributed by atoms with Crippen LogP contribution < -0.4 is 0 Å². The Morgan fingerprint density at radius 1 is 1.02 bits per heavy atom. The highest BCUT2D eigenvalue weighted by Crippen LogP contribution is 2.61. The van der Waals surface area contributed by atoms with E-state index in [1.807, 2.05) is 11.0 Å². The summed E-state index contributed by atoms with van der Waals surface area (Å²) in [5, 5.41) is 10.1. The van der Waals surface area contributed by atoms with Crippen LogP contribution in [0.1, 0.15) is 94.6 Å². The number of carbonyl (C=O) groups excluding carboxylic acids is 1. The number of rotatable bonds is 13. The summed E-state index contributed by atoms with van der Waals surface area (Å²) in [6, 6.07) is 5.49. The molecule has 244 valence electrons. The molecule has 1 N–H and O–H groups in total. The number of phenols is 1. The van der Waals surface area contributed by atoms with Crippen LogP contribution in [-0.2, 0) is 11.2 Å². The zero-order valence-corrected chi connectivity index (χ0v) is 24.8. The number of carbonyl (C=O) groups is 1. The smallest absolute Gasteiger partial charge is 0.459 e. The Bertz CT molecular complexity index is 1130. The molecule has 0 spiro atoms. The van der Waals surface area contributed by atoms with E-state index in [2.05, 4.69) is 6.92 Å². The third kappa shape index (κ3) is 7.01. The quantitative estimate of drug-likeness (QED) is 0.176. The summed E-state index contributed by atoms with van der Waals surface area (Å²) in [6.45, 7) is 3.04. The first-order valence-corrected chi connectivity index (χ1v) is 15.5. The number of hydrogen-bond acceptors (Lipinski definition) is 3. The molecule has 0 aliphatic heterocycles. The van der Waals surface area contributed by atoms with Crippen LogP contribution in [0.25, 0.3) is 0 Å². The third-order valence-electron chi connectivity index (χ3n) is 10.6. The highest BCUT2D eigenvalue weighted by molar-refractivity contribution is 5.87. The highest BCUT2D eigenvalue weighted by Gasteiger charge is 2.72. The van der Waals surface area contributed by atoms with Crippen molar-refractivity contribution in [3.63, 3.8) is 0 Å². The summed E-state index contributed by atoms with van der Waals surface area (Å²) in [5.41, 5.74) is 1.93. The Kier molecular flexibility index (Phi) is 10.1. The maximum absolute atomic E-state index is 15.5. The van der Waals surface area contributed by atoms with Crippen molar-refractivity contribution in [1.29, 1.82) is 0 Å². The molecule has 0 saturated heterocycles. The summed E-state index contributed by atoms with van der Waals surface area (Å²) < 4.78 is 105. The van der Waals surface area contributed by atoms with E-state index < -0.39 is 37.0 Å². The van der Waals surface area contributed by atoms with E-state index in [1.165, 1.54) is 5.56 Å². The summed E-state index contributed by atoms with van der Waals surface area (Å²) in [5.74, 6) is -9.96. The summed E-state index contributed by atoms with van der Waals surface area (Å²) in [7, 11) is 1.77. The lowest BCUT2D eigenvalue weighted by Gasteiger charge is -2.52. The summed E-state index contributed by atoms with van der Waals surface area (Å²) in [6.07, 6.45) is -3.91. The van der Waals surface area contributed by atoms with Crippen LogP contribution in [0.4, 0.5) is 35.1 Å². The molecule has 6 atom stereocenters. The average Bonchev–Trinajstić information content (AvgIpc) is 3.21. The molecule has 1 aromatic carbocycles. The van der Waals surface area contributed by atoms with Gasteiger partial charge in [0.15, 0.2) is 0 Å². The van der Waals surface area contributed by atoms with Gasteiger partial charge in [0.05, 0.1) is 0 Å². The second-order valence-corrected chi connectivity index (χ2v) is 13.4. The van der Waals surface area contributed by atoms with Crippen molar-refractivity contribution >= 4 is 5.78 Å².